The second kappa shape index (κ2) is 9.57. The van der Waals surface area contributed by atoms with E-state index in [0.29, 0.717) is 18.8 Å². The van der Waals surface area contributed by atoms with E-state index in [9.17, 15) is 4.79 Å². The molecule has 0 spiro atoms. The molecule has 0 atom stereocenters. The highest BCUT2D eigenvalue weighted by Crippen LogP contribution is 2.24. The number of carboxylic acid groups (broad SMARTS) is 1. The molecule has 7 heteroatoms. The first kappa shape index (κ1) is 19.5. The van der Waals surface area contributed by atoms with E-state index in [4.69, 9.17) is 14.6 Å². The van der Waals surface area contributed by atoms with Crippen molar-refractivity contribution in [1.82, 2.24) is 9.88 Å². The predicted molar refractivity (Wildman–Crippen MR) is 89.4 cm³/mol. The van der Waals surface area contributed by atoms with Crippen LogP contribution in [0.3, 0.4) is 0 Å². The Balaban J connectivity index is 0.000000648. The van der Waals surface area contributed by atoms with Crippen LogP contribution in [0.25, 0.3) is 10.9 Å². The van der Waals surface area contributed by atoms with Crippen molar-refractivity contribution in [2.75, 3.05) is 19.6 Å². The van der Waals surface area contributed by atoms with Crippen LogP contribution in [0, 0.1) is 0 Å². The Morgan fingerprint density at radius 3 is 2.46 bits per heavy atom. The maximum atomic E-state index is 11.9. The number of quaternary nitrogens is 1. The number of carbonyl (C=O) groups is 2. The first-order valence-electron chi connectivity index (χ1n) is 7.96. The monoisotopic (exact) mass is 335 g/mol. The van der Waals surface area contributed by atoms with E-state index < -0.39 is 5.97 Å². The summed E-state index contributed by atoms with van der Waals surface area (Å²) in [5, 5.41) is 9.98. The van der Waals surface area contributed by atoms with Crippen molar-refractivity contribution in [3.8, 4) is 5.75 Å². The van der Waals surface area contributed by atoms with Gasteiger partial charge in [-0.05, 0) is 44.5 Å². The van der Waals surface area contributed by atoms with Gasteiger partial charge in [0, 0.05) is 42.6 Å². The van der Waals surface area contributed by atoms with Crippen molar-refractivity contribution >= 4 is 23.0 Å². The van der Waals surface area contributed by atoms with Gasteiger partial charge in [-0.3, -0.25) is 0 Å². The SMILES string of the molecule is CC(=O)[O-].CCN(CC)C(=O)Oc1ccc2[nH]cc(CC[NH3+])c2c1. The minimum absolute atomic E-state index is 0.302. The van der Waals surface area contributed by atoms with E-state index in [1.54, 1.807) is 4.90 Å². The number of nitrogens with one attached hydrogen (secondary N) is 1. The number of benzene rings is 1. The molecule has 1 heterocycles. The molecule has 0 saturated carbocycles. The Morgan fingerprint density at radius 2 is 1.92 bits per heavy atom. The van der Waals surface area contributed by atoms with E-state index >= 15 is 0 Å². The fourth-order valence-corrected chi connectivity index (χ4v) is 2.27. The van der Waals surface area contributed by atoms with Crippen molar-refractivity contribution < 1.29 is 25.2 Å². The number of aliphatic carboxylic acids is 1. The number of nitrogens with zero attached hydrogens (tertiary/aromatic N) is 1. The summed E-state index contributed by atoms with van der Waals surface area (Å²) in [6.45, 7) is 6.98. The van der Waals surface area contributed by atoms with Gasteiger partial charge in [-0.25, -0.2) is 4.79 Å². The fraction of sp³-hybridized carbons (Fsp3) is 0.412. The molecule has 0 unspecified atom stereocenters. The van der Waals surface area contributed by atoms with Gasteiger partial charge in [-0.2, -0.15) is 0 Å². The van der Waals surface area contributed by atoms with E-state index in [-0.39, 0.29) is 6.09 Å². The van der Waals surface area contributed by atoms with Crippen LogP contribution in [0.4, 0.5) is 4.79 Å². The summed E-state index contributed by atoms with van der Waals surface area (Å²) in [7, 11) is 0. The Kier molecular flexibility index (Phi) is 7.77. The van der Waals surface area contributed by atoms with Gasteiger partial charge >= 0.3 is 6.09 Å². The highest BCUT2D eigenvalue weighted by molar-refractivity contribution is 5.85. The van der Waals surface area contributed by atoms with Gasteiger partial charge in [-0.1, -0.05) is 0 Å². The van der Waals surface area contributed by atoms with Gasteiger partial charge in [0.25, 0.3) is 0 Å². The lowest BCUT2D eigenvalue weighted by molar-refractivity contribution is -0.366. The van der Waals surface area contributed by atoms with Gasteiger partial charge in [-0.15, -0.1) is 0 Å². The zero-order chi connectivity index (χ0) is 18.1. The number of fused-ring (bicyclic) bond motifs is 1. The molecule has 1 aromatic carbocycles. The predicted octanol–water partition coefficient (Wildman–Crippen LogP) is 0.549. The number of hydrogen-bond acceptors (Lipinski definition) is 4. The summed E-state index contributed by atoms with van der Waals surface area (Å²) in [6, 6.07) is 5.67. The molecule has 0 aliphatic rings. The molecule has 2 rings (SSSR count). The molecule has 0 bridgehead atoms. The lowest BCUT2D eigenvalue weighted by Crippen LogP contribution is -2.51. The van der Waals surface area contributed by atoms with Crippen molar-refractivity contribution in [2.24, 2.45) is 0 Å². The third kappa shape index (κ3) is 5.58. The lowest BCUT2D eigenvalue weighted by Gasteiger charge is -2.17. The number of H-pyrrole nitrogens is 1. The van der Waals surface area contributed by atoms with Crippen LogP contribution in [0.5, 0.6) is 5.75 Å². The maximum Gasteiger partial charge on any atom is 0.415 e. The molecule has 0 aliphatic carbocycles. The van der Waals surface area contributed by atoms with Crippen molar-refractivity contribution in [3.05, 3.63) is 30.0 Å². The molecule has 0 aliphatic heterocycles. The Morgan fingerprint density at radius 1 is 1.29 bits per heavy atom. The molecule has 0 radical (unpaired) electrons. The zero-order valence-electron chi connectivity index (χ0n) is 14.4. The average Bonchev–Trinajstić information content (AvgIpc) is 2.91. The van der Waals surface area contributed by atoms with Gasteiger partial charge < -0.3 is 30.3 Å². The molecule has 0 saturated heterocycles. The van der Waals surface area contributed by atoms with Crippen molar-refractivity contribution in [1.29, 1.82) is 0 Å². The minimum Gasteiger partial charge on any atom is -0.550 e. The number of carboxylic acids is 1. The van der Waals surface area contributed by atoms with Crippen molar-refractivity contribution in [3.63, 3.8) is 0 Å². The van der Waals surface area contributed by atoms with E-state index in [1.165, 1.54) is 5.56 Å². The normalized spacial score (nSPS) is 10.0. The molecule has 7 nitrogen and oxygen atoms in total. The molecule has 0 fully saturated rings. The summed E-state index contributed by atoms with van der Waals surface area (Å²) < 4.78 is 5.43. The summed E-state index contributed by atoms with van der Waals surface area (Å²) >= 11 is 0. The highest BCUT2D eigenvalue weighted by Gasteiger charge is 2.13. The summed E-state index contributed by atoms with van der Waals surface area (Å²) in [5.41, 5.74) is 6.13. The lowest BCUT2D eigenvalue weighted by atomic mass is 10.1. The Labute approximate surface area is 141 Å². The van der Waals surface area contributed by atoms with Crippen LogP contribution in [-0.4, -0.2) is 41.6 Å². The van der Waals surface area contributed by atoms with Crippen LogP contribution in [0.15, 0.2) is 24.4 Å². The van der Waals surface area contributed by atoms with Gasteiger partial charge in [0.1, 0.15) is 5.75 Å². The third-order valence-electron chi connectivity index (χ3n) is 3.41. The van der Waals surface area contributed by atoms with Crippen LogP contribution < -0.4 is 15.6 Å². The first-order valence-corrected chi connectivity index (χ1v) is 7.96. The summed E-state index contributed by atoms with van der Waals surface area (Å²) in [4.78, 5) is 25.7. The Bertz CT molecular complexity index is 674. The number of aromatic amines is 1. The van der Waals surface area contributed by atoms with Crippen LogP contribution in [0.2, 0.25) is 0 Å². The van der Waals surface area contributed by atoms with E-state index in [2.05, 4.69) is 10.7 Å². The van der Waals surface area contributed by atoms with Gasteiger partial charge in [0.2, 0.25) is 0 Å². The smallest absolute Gasteiger partial charge is 0.415 e. The first-order chi connectivity index (χ1) is 11.4. The minimum atomic E-state index is -1.08. The molecule has 1 aromatic heterocycles. The van der Waals surface area contributed by atoms with Gasteiger partial charge in [0.15, 0.2) is 0 Å². The van der Waals surface area contributed by atoms with Crippen LogP contribution in [-0.2, 0) is 11.2 Å². The van der Waals surface area contributed by atoms with Gasteiger partial charge in [0.05, 0.1) is 6.54 Å². The number of aromatic nitrogens is 1. The molecule has 132 valence electrons. The summed E-state index contributed by atoms with van der Waals surface area (Å²) in [5.74, 6) is -0.501. The number of carbonyl (C=O) groups excluding carboxylic acids is 2. The van der Waals surface area contributed by atoms with E-state index in [1.807, 2.05) is 38.2 Å². The standard InChI is InChI=1S/C15H21N3O2.C2H4O2/c1-3-18(4-2)15(19)20-12-5-6-14-13(9-12)11(7-8-16)10-17-14;1-2(3)4/h5-6,9-10,17H,3-4,7-8,16H2,1-2H3;1H3,(H,3,4). The molecule has 24 heavy (non-hydrogen) atoms. The maximum absolute atomic E-state index is 11.9. The number of hydrogen-bond donors (Lipinski definition) is 2. The average molecular weight is 335 g/mol. The van der Waals surface area contributed by atoms with Crippen LogP contribution in [0.1, 0.15) is 26.3 Å². The van der Waals surface area contributed by atoms with Crippen LogP contribution >= 0.6 is 0 Å². The molecule has 1 amide bonds. The Hall–Kier alpha value is -2.54. The fourth-order valence-electron chi connectivity index (χ4n) is 2.27. The molecular formula is C17H25N3O4. The topological polar surface area (TPSA) is 113 Å². The zero-order valence-corrected chi connectivity index (χ0v) is 14.4. The van der Waals surface area contributed by atoms with E-state index in [0.717, 1.165) is 30.8 Å². The number of amides is 1. The number of rotatable bonds is 5. The van der Waals surface area contributed by atoms with Crippen molar-refractivity contribution in [2.45, 2.75) is 27.2 Å². The molecule has 2 aromatic rings. The molecule has 4 N–H and O–H groups in total. The largest absolute Gasteiger partial charge is 0.550 e. The second-order valence-electron chi connectivity index (χ2n) is 5.16. The quantitative estimate of drug-likeness (QED) is 0.830. The third-order valence-corrected chi connectivity index (χ3v) is 3.41. The summed E-state index contributed by atoms with van der Waals surface area (Å²) in [6.07, 6.45) is 2.60. The second-order valence-corrected chi connectivity index (χ2v) is 5.16. The highest BCUT2D eigenvalue weighted by atomic mass is 16.6. The number of ether oxygens (including phenoxy) is 1. The molecular weight excluding hydrogens is 310 g/mol.